The molecule has 1 atom stereocenters. The first-order valence-electron chi connectivity index (χ1n) is 8.37. The van der Waals surface area contributed by atoms with E-state index in [2.05, 4.69) is 19.2 Å². The normalized spacial score (nSPS) is 28.1. The molecule has 128 valence electrons. The van der Waals surface area contributed by atoms with Gasteiger partial charge in [-0.15, -0.1) is 0 Å². The van der Waals surface area contributed by atoms with Crippen molar-refractivity contribution in [1.82, 2.24) is 10.2 Å². The van der Waals surface area contributed by atoms with E-state index in [0.29, 0.717) is 0 Å². The molecule has 0 aromatic rings. The molecule has 1 unspecified atom stereocenters. The maximum atomic E-state index is 12.3. The maximum Gasteiger partial charge on any atom is 0.410 e. The summed E-state index contributed by atoms with van der Waals surface area (Å²) in [4.78, 5) is 14.1. The minimum Gasteiger partial charge on any atom is -0.444 e. The van der Waals surface area contributed by atoms with Crippen LogP contribution in [0.2, 0.25) is 0 Å². The lowest BCUT2D eigenvalue weighted by Gasteiger charge is -2.43. The summed E-state index contributed by atoms with van der Waals surface area (Å²) in [5.74, 6) is 0. The molecule has 2 aliphatic rings. The van der Waals surface area contributed by atoms with E-state index in [9.17, 15) is 4.79 Å². The first-order valence-corrected chi connectivity index (χ1v) is 8.37. The van der Waals surface area contributed by atoms with Crippen molar-refractivity contribution >= 4 is 6.09 Å². The second kappa shape index (κ2) is 6.36. The Morgan fingerprint density at radius 1 is 1.23 bits per heavy atom. The lowest BCUT2D eigenvalue weighted by atomic mass is 9.81. The van der Waals surface area contributed by atoms with Gasteiger partial charge in [-0.3, -0.25) is 0 Å². The minimum absolute atomic E-state index is 0.121. The van der Waals surface area contributed by atoms with Crippen LogP contribution in [0.15, 0.2) is 0 Å². The summed E-state index contributed by atoms with van der Waals surface area (Å²) >= 11 is 0. The van der Waals surface area contributed by atoms with Crippen molar-refractivity contribution in [2.24, 2.45) is 10.8 Å². The molecule has 2 saturated heterocycles. The Labute approximate surface area is 134 Å². The van der Waals surface area contributed by atoms with Gasteiger partial charge in [0.25, 0.3) is 0 Å². The largest absolute Gasteiger partial charge is 0.444 e. The molecule has 1 N–H and O–H groups in total. The highest BCUT2D eigenvalue weighted by atomic mass is 16.6. The molecule has 5 heteroatoms. The number of hydrogen-bond acceptors (Lipinski definition) is 4. The summed E-state index contributed by atoms with van der Waals surface area (Å²) in [7, 11) is 0. The predicted octanol–water partition coefficient (Wildman–Crippen LogP) is 2.65. The zero-order valence-corrected chi connectivity index (χ0v) is 14.8. The van der Waals surface area contributed by atoms with E-state index in [1.54, 1.807) is 0 Å². The van der Waals surface area contributed by atoms with Crippen LogP contribution in [0, 0.1) is 10.8 Å². The molecule has 0 radical (unpaired) electrons. The Bertz CT molecular complexity index is 401. The fraction of sp³-hybridized carbons (Fsp3) is 0.941. The third-order valence-corrected chi connectivity index (χ3v) is 4.44. The second-order valence-corrected chi connectivity index (χ2v) is 8.72. The van der Waals surface area contributed by atoms with Crippen LogP contribution < -0.4 is 5.32 Å². The van der Waals surface area contributed by atoms with E-state index in [4.69, 9.17) is 9.47 Å². The number of carbonyl (C=O) groups excluding carboxylic acids is 1. The van der Waals surface area contributed by atoms with E-state index >= 15 is 0 Å². The third-order valence-electron chi connectivity index (χ3n) is 4.44. The van der Waals surface area contributed by atoms with E-state index in [-0.39, 0.29) is 16.9 Å². The van der Waals surface area contributed by atoms with Crippen molar-refractivity contribution in [2.45, 2.75) is 53.1 Å². The number of amides is 1. The van der Waals surface area contributed by atoms with Gasteiger partial charge < -0.3 is 19.7 Å². The number of likely N-dealkylation sites (tertiary alicyclic amines) is 1. The molecule has 0 spiro atoms. The highest BCUT2D eigenvalue weighted by Gasteiger charge is 2.37. The van der Waals surface area contributed by atoms with E-state index in [0.717, 1.165) is 52.2 Å². The molecule has 0 aromatic carbocycles. The molecular formula is C17H32N2O3. The van der Waals surface area contributed by atoms with Crippen LogP contribution in [-0.2, 0) is 9.47 Å². The molecule has 0 bridgehead atoms. The van der Waals surface area contributed by atoms with Gasteiger partial charge in [0.1, 0.15) is 5.60 Å². The first kappa shape index (κ1) is 17.5. The maximum absolute atomic E-state index is 12.3. The van der Waals surface area contributed by atoms with Crippen molar-refractivity contribution in [3.05, 3.63) is 0 Å². The van der Waals surface area contributed by atoms with Gasteiger partial charge in [-0.1, -0.05) is 13.8 Å². The zero-order valence-electron chi connectivity index (χ0n) is 14.8. The molecule has 0 aliphatic carbocycles. The standard InChI is InChI=1S/C17H32N2O3/c1-15(2,3)22-14(20)19-8-6-7-16(4,11-19)9-18-10-17(5)12-21-13-17/h18H,6-13H2,1-5H3. The van der Waals surface area contributed by atoms with Crippen LogP contribution in [0.1, 0.15) is 47.5 Å². The van der Waals surface area contributed by atoms with E-state index in [1.165, 1.54) is 0 Å². The molecule has 5 nitrogen and oxygen atoms in total. The summed E-state index contributed by atoms with van der Waals surface area (Å²) in [5.41, 5.74) is -0.0198. The van der Waals surface area contributed by atoms with Gasteiger partial charge in [-0.2, -0.15) is 0 Å². The molecule has 0 saturated carbocycles. The number of nitrogens with one attached hydrogen (secondary N) is 1. The van der Waals surface area contributed by atoms with Gasteiger partial charge in [-0.05, 0) is 39.0 Å². The minimum atomic E-state index is -0.429. The second-order valence-electron chi connectivity index (χ2n) is 8.72. The molecule has 0 aromatic heterocycles. The molecular weight excluding hydrogens is 280 g/mol. The van der Waals surface area contributed by atoms with Crippen LogP contribution >= 0.6 is 0 Å². The fourth-order valence-corrected chi connectivity index (χ4v) is 3.16. The Hall–Kier alpha value is -0.810. The number of piperidine rings is 1. The van der Waals surface area contributed by atoms with Gasteiger partial charge in [0.05, 0.1) is 13.2 Å². The first-order chi connectivity index (χ1) is 10.1. The van der Waals surface area contributed by atoms with Gasteiger partial charge in [0.15, 0.2) is 0 Å². The van der Waals surface area contributed by atoms with Crippen LogP contribution in [0.5, 0.6) is 0 Å². The average molecular weight is 312 g/mol. The smallest absolute Gasteiger partial charge is 0.410 e. The summed E-state index contributed by atoms with van der Waals surface area (Å²) in [6, 6.07) is 0. The summed E-state index contributed by atoms with van der Waals surface area (Å²) in [6.07, 6.45) is 2.00. The number of carbonyl (C=O) groups is 1. The lowest BCUT2D eigenvalue weighted by Crippen LogP contribution is -2.53. The number of rotatable bonds is 4. The van der Waals surface area contributed by atoms with E-state index in [1.807, 2.05) is 25.7 Å². The quantitative estimate of drug-likeness (QED) is 0.867. The van der Waals surface area contributed by atoms with Crippen LogP contribution in [0.4, 0.5) is 4.79 Å². The van der Waals surface area contributed by atoms with Crippen LogP contribution in [0.25, 0.3) is 0 Å². The molecule has 2 heterocycles. The molecule has 2 rings (SSSR count). The Kier molecular flexibility index (Phi) is 5.07. The third kappa shape index (κ3) is 4.85. The van der Waals surface area contributed by atoms with Gasteiger partial charge in [0, 0.05) is 31.6 Å². The molecule has 1 amide bonds. The SMILES string of the molecule is CC1(CNCC2(C)CCCN(C(=O)OC(C)(C)C)C2)COC1. The van der Waals surface area contributed by atoms with Crippen LogP contribution in [0.3, 0.4) is 0 Å². The highest BCUT2D eigenvalue weighted by molar-refractivity contribution is 5.68. The van der Waals surface area contributed by atoms with Crippen molar-refractivity contribution in [3.63, 3.8) is 0 Å². The highest BCUT2D eigenvalue weighted by Crippen LogP contribution is 2.31. The topological polar surface area (TPSA) is 50.8 Å². The Morgan fingerprint density at radius 2 is 1.86 bits per heavy atom. The van der Waals surface area contributed by atoms with Crippen molar-refractivity contribution in [3.8, 4) is 0 Å². The van der Waals surface area contributed by atoms with Crippen LogP contribution in [-0.4, -0.2) is 56.0 Å². The monoisotopic (exact) mass is 312 g/mol. The van der Waals surface area contributed by atoms with Crippen molar-refractivity contribution in [1.29, 1.82) is 0 Å². The molecule has 22 heavy (non-hydrogen) atoms. The number of hydrogen-bond donors (Lipinski definition) is 1. The molecule has 2 fully saturated rings. The van der Waals surface area contributed by atoms with Crippen molar-refractivity contribution in [2.75, 3.05) is 39.4 Å². The fourth-order valence-electron chi connectivity index (χ4n) is 3.16. The van der Waals surface area contributed by atoms with E-state index < -0.39 is 5.60 Å². The zero-order chi connectivity index (χ0) is 16.4. The predicted molar refractivity (Wildman–Crippen MR) is 86.9 cm³/mol. The summed E-state index contributed by atoms with van der Waals surface area (Å²) < 4.78 is 10.8. The van der Waals surface area contributed by atoms with Gasteiger partial charge in [-0.25, -0.2) is 4.79 Å². The Morgan fingerprint density at radius 3 is 2.41 bits per heavy atom. The summed E-state index contributed by atoms with van der Waals surface area (Å²) in [6.45, 7) is 15.4. The van der Waals surface area contributed by atoms with Gasteiger partial charge in [0.2, 0.25) is 0 Å². The van der Waals surface area contributed by atoms with Gasteiger partial charge >= 0.3 is 6.09 Å². The Balaban J connectivity index is 1.81. The number of nitrogens with zero attached hydrogens (tertiary/aromatic N) is 1. The lowest BCUT2D eigenvalue weighted by molar-refractivity contribution is -0.1000. The summed E-state index contributed by atoms with van der Waals surface area (Å²) in [5, 5.41) is 3.59. The average Bonchev–Trinajstić information content (AvgIpc) is 2.34. The van der Waals surface area contributed by atoms with Crippen molar-refractivity contribution < 1.29 is 14.3 Å². The number of ether oxygens (including phenoxy) is 2. The molecule has 2 aliphatic heterocycles.